The topological polar surface area (TPSA) is 45.7 Å². The number of hydrogen-bond donors (Lipinski definition) is 0. The first-order valence-corrected chi connectivity index (χ1v) is 10.5. The van der Waals surface area contributed by atoms with Crippen LogP contribution in [0.3, 0.4) is 0 Å². The molecule has 168 valence electrons. The van der Waals surface area contributed by atoms with E-state index in [1.165, 1.54) is 12.1 Å². The number of carbonyl (C=O) groups is 1. The third kappa shape index (κ3) is 6.04. The number of aromatic nitrogens is 1. The fourth-order valence-corrected chi connectivity index (χ4v) is 3.81. The molecule has 0 N–H and O–H groups in total. The lowest BCUT2D eigenvalue weighted by Gasteiger charge is -2.33. The summed E-state index contributed by atoms with van der Waals surface area (Å²) in [7, 11) is 0. The summed E-state index contributed by atoms with van der Waals surface area (Å²) in [5.74, 6) is 0.0797. The lowest BCUT2D eigenvalue weighted by atomic mass is 10.0. The number of alkyl halides is 3. The van der Waals surface area contributed by atoms with Gasteiger partial charge < -0.3 is 9.64 Å². The van der Waals surface area contributed by atoms with E-state index in [2.05, 4.69) is 4.98 Å². The van der Waals surface area contributed by atoms with E-state index in [0.29, 0.717) is 50.7 Å². The molecule has 2 heterocycles. The first-order valence-electron chi connectivity index (χ1n) is 10.5. The van der Waals surface area contributed by atoms with Crippen molar-refractivity contribution in [1.29, 1.82) is 0 Å². The molecule has 1 fully saturated rings. The summed E-state index contributed by atoms with van der Waals surface area (Å²) in [4.78, 5) is 20.8. The number of ether oxygens (including phenoxy) is 1. The Balaban J connectivity index is 1.71. The molecule has 0 unspecified atom stereocenters. The van der Waals surface area contributed by atoms with Gasteiger partial charge in [0.15, 0.2) is 0 Å². The summed E-state index contributed by atoms with van der Waals surface area (Å²) >= 11 is 0. The maximum Gasteiger partial charge on any atom is 0.416 e. The van der Waals surface area contributed by atoms with Crippen molar-refractivity contribution in [1.82, 2.24) is 14.8 Å². The Bertz CT molecular complexity index is 884. The number of halogens is 3. The molecule has 31 heavy (non-hydrogen) atoms. The largest absolute Gasteiger partial charge is 0.416 e. The molecule has 0 saturated carbocycles. The third-order valence-corrected chi connectivity index (χ3v) is 5.48. The van der Waals surface area contributed by atoms with E-state index in [4.69, 9.17) is 4.74 Å². The number of hydrogen-bond acceptors (Lipinski definition) is 4. The van der Waals surface area contributed by atoms with Crippen LogP contribution in [0.4, 0.5) is 13.2 Å². The number of carbonyl (C=O) groups excluding carboxylic acids is 1. The Kier molecular flexibility index (Phi) is 7.67. The van der Waals surface area contributed by atoms with Gasteiger partial charge in [0.1, 0.15) is 6.10 Å². The van der Waals surface area contributed by atoms with Crippen LogP contribution in [0.25, 0.3) is 0 Å². The van der Waals surface area contributed by atoms with Gasteiger partial charge in [-0.05, 0) is 37.6 Å². The number of pyridine rings is 1. The zero-order chi connectivity index (χ0) is 22.4. The van der Waals surface area contributed by atoms with Gasteiger partial charge in [-0.3, -0.25) is 14.7 Å². The van der Waals surface area contributed by atoms with Crippen LogP contribution in [0.1, 0.15) is 42.5 Å². The van der Waals surface area contributed by atoms with E-state index < -0.39 is 11.7 Å². The fourth-order valence-electron chi connectivity index (χ4n) is 3.81. The normalized spacial score (nSPS) is 17.5. The van der Waals surface area contributed by atoms with Gasteiger partial charge in [-0.2, -0.15) is 13.2 Å². The van der Waals surface area contributed by atoms with Crippen molar-refractivity contribution < 1.29 is 22.7 Å². The molecule has 0 bridgehead atoms. The molecule has 0 spiro atoms. The summed E-state index contributed by atoms with van der Waals surface area (Å²) in [6, 6.07) is 10.9. The smallest absolute Gasteiger partial charge is 0.369 e. The molecule has 0 radical (unpaired) electrons. The summed E-state index contributed by atoms with van der Waals surface area (Å²) in [6.07, 6.45) is -4.64. The van der Waals surface area contributed by atoms with Crippen molar-refractivity contribution in [3.63, 3.8) is 0 Å². The molecule has 1 aromatic carbocycles. The summed E-state index contributed by atoms with van der Waals surface area (Å²) in [5, 5.41) is 0. The van der Waals surface area contributed by atoms with Crippen molar-refractivity contribution in [2.45, 2.75) is 32.5 Å². The highest BCUT2D eigenvalue weighted by atomic mass is 19.4. The molecule has 5 nitrogen and oxygen atoms in total. The van der Waals surface area contributed by atoms with Gasteiger partial charge in [0, 0.05) is 38.3 Å². The van der Waals surface area contributed by atoms with Gasteiger partial charge in [0.2, 0.25) is 5.91 Å². The quantitative estimate of drug-likeness (QED) is 0.661. The Morgan fingerprint density at radius 2 is 1.90 bits per heavy atom. The SMILES string of the molecule is CCN(CC)C(=O)CN1CCO[C@@H](c2cccc(Cc3ccccc3C(F)(F)F)n2)C1. The highest BCUT2D eigenvalue weighted by molar-refractivity contribution is 5.78. The van der Waals surface area contributed by atoms with Crippen LogP contribution >= 0.6 is 0 Å². The van der Waals surface area contributed by atoms with Crippen molar-refractivity contribution in [2.75, 3.05) is 39.3 Å². The predicted octanol–water partition coefficient (Wildman–Crippen LogP) is 3.93. The Labute approximate surface area is 180 Å². The minimum absolute atomic E-state index is 0.0797. The number of morpholine rings is 1. The molecule has 1 saturated heterocycles. The molecule has 8 heteroatoms. The van der Waals surface area contributed by atoms with Crippen LogP contribution in [-0.4, -0.2) is 60.0 Å². The van der Waals surface area contributed by atoms with E-state index in [9.17, 15) is 18.0 Å². The van der Waals surface area contributed by atoms with Gasteiger partial charge in [-0.15, -0.1) is 0 Å². The first kappa shape index (κ1) is 23.2. The third-order valence-electron chi connectivity index (χ3n) is 5.48. The van der Waals surface area contributed by atoms with Gasteiger partial charge >= 0.3 is 6.18 Å². The Hall–Kier alpha value is -2.45. The fraction of sp³-hybridized carbons (Fsp3) is 0.478. The van der Waals surface area contributed by atoms with Crippen molar-refractivity contribution in [2.24, 2.45) is 0 Å². The zero-order valence-corrected chi connectivity index (χ0v) is 17.9. The average Bonchev–Trinajstić information content (AvgIpc) is 2.75. The average molecular weight is 435 g/mol. The van der Waals surface area contributed by atoms with E-state index in [-0.39, 0.29) is 24.0 Å². The maximum absolute atomic E-state index is 13.3. The summed E-state index contributed by atoms with van der Waals surface area (Å²) < 4.78 is 45.8. The van der Waals surface area contributed by atoms with Gasteiger partial charge in [0.05, 0.1) is 24.4 Å². The van der Waals surface area contributed by atoms with Crippen molar-refractivity contribution in [3.8, 4) is 0 Å². The molecule has 1 aliphatic rings. The zero-order valence-electron chi connectivity index (χ0n) is 17.9. The molecule has 1 aromatic heterocycles. The molecule has 3 rings (SSSR count). The van der Waals surface area contributed by atoms with Crippen LogP contribution in [0, 0.1) is 0 Å². The number of nitrogens with zero attached hydrogens (tertiary/aromatic N) is 3. The highest BCUT2D eigenvalue weighted by Crippen LogP contribution is 2.32. The summed E-state index contributed by atoms with van der Waals surface area (Å²) in [5.41, 5.74) is 0.768. The van der Waals surface area contributed by atoms with E-state index in [1.807, 2.05) is 24.8 Å². The highest BCUT2D eigenvalue weighted by Gasteiger charge is 2.33. The second-order valence-corrected chi connectivity index (χ2v) is 7.55. The molecule has 1 atom stereocenters. The molecular formula is C23H28F3N3O2. The monoisotopic (exact) mass is 435 g/mol. The maximum atomic E-state index is 13.3. The van der Waals surface area contributed by atoms with Crippen molar-refractivity contribution in [3.05, 3.63) is 65.0 Å². The number of amides is 1. The number of rotatable bonds is 7. The molecule has 1 aliphatic heterocycles. The standard InChI is InChI=1S/C23H28F3N3O2/c1-3-29(4-2)22(30)16-28-12-13-31-21(15-28)20-11-7-9-18(27-20)14-17-8-5-6-10-19(17)23(24,25)26/h5-11,21H,3-4,12-16H2,1-2H3/t21-/m1/s1. The van der Waals surface area contributed by atoms with Gasteiger partial charge in [-0.25, -0.2) is 0 Å². The van der Waals surface area contributed by atoms with Gasteiger partial charge in [0.25, 0.3) is 0 Å². The lowest BCUT2D eigenvalue weighted by Crippen LogP contribution is -2.45. The Morgan fingerprint density at radius 3 is 2.61 bits per heavy atom. The van der Waals surface area contributed by atoms with E-state index in [0.717, 1.165) is 6.07 Å². The second-order valence-electron chi connectivity index (χ2n) is 7.55. The van der Waals surface area contributed by atoms with Crippen LogP contribution in [-0.2, 0) is 22.1 Å². The predicted molar refractivity (Wildman–Crippen MR) is 112 cm³/mol. The van der Waals surface area contributed by atoms with Crippen LogP contribution < -0.4 is 0 Å². The van der Waals surface area contributed by atoms with Crippen molar-refractivity contribution >= 4 is 5.91 Å². The molecule has 1 amide bonds. The molecule has 0 aliphatic carbocycles. The van der Waals surface area contributed by atoms with E-state index >= 15 is 0 Å². The second kappa shape index (κ2) is 10.2. The van der Waals surface area contributed by atoms with Crippen LogP contribution in [0.15, 0.2) is 42.5 Å². The lowest BCUT2D eigenvalue weighted by molar-refractivity contribution is -0.138. The minimum atomic E-state index is -4.40. The first-order chi connectivity index (χ1) is 14.8. The van der Waals surface area contributed by atoms with Gasteiger partial charge in [-0.1, -0.05) is 24.3 Å². The molecular weight excluding hydrogens is 407 g/mol. The van der Waals surface area contributed by atoms with Crippen LogP contribution in [0.2, 0.25) is 0 Å². The summed E-state index contributed by atoms with van der Waals surface area (Å²) in [6.45, 7) is 7.22. The number of likely N-dealkylation sites (N-methyl/N-ethyl adjacent to an activating group) is 1. The van der Waals surface area contributed by atoms with Crippen LogP contribution in [0.5, 0.6) is 0 Å². The Morgan fingerprint density at radius 1 is 1.16 bits per heavy atom. The minimum Gasteiger partial charge on any atom is -0.369 e. The van der Waals surface area contributed by atoms with E-state index in [1.54, 1.807) is 23.1 Å². The number of benzene rings is 1. The molecule has 2 aromatic rings.